The number of benzene rings is 1. The van der Waals surface area contributed by atoms with Crippen LogP contribution >= 0.6 is 0 Å². The lowest BCUT2D eigenvalue weighted by molar-refractivity contribution is 0.597. The predicted molar refractivity (Wildman–Crippen MR) is 68.5 cm³/mol. The van der Waals surface area contributed by atoms with Crippen LogP contribution in [-0.4, -0.2) is 18.6 Å². The maximum Gasteiger partial charge on any atom is 0.278 e. The van der Waals surface area contributed by atoms with E-state index in [2.05, 4.69) is 14.9 Å². The summed E-state index contributed by atoms with van der Waals surface area (Å²) in [6.07, 6.45) is 1.38. The largest absolute Gasteiger partial charge is 0.326 e. The van der Waals surface area contributed by atoms with E-state index in [1.807, 2.05) is 13.0 Å². The second-order valence-corrected chi connectivity index (χ2v) is 5.48. The van der Waals surface area contributed by atoms with Gasteiger partial charge < -0.3 is 5.73 Å². The van der Waals surface area contributed by atoms with Crippen LogP contribution in [-0.2, 0) is 16.6 Å². The molecule has 18 heavy (non-hydrogen) atoms. The normalized spacial score (nSPS) is 11.4. The van der Waals surface area contributed by atoms with Gasteiger partial charge in [0.1, 0.15) is 0 Å². The van der Waals surface area contributed by atoms with Gasteiger partial charge in [-0.1, -0.05) is 12.1 Å². The molecule has 1 aromatic carbocycles. The van der Waals surface area contributed by atoms with E-state index in [4.69, 9.17) is 5.73 Å². The van der Waals surface area contributed by atoms with Gasteiger partial charge in [0.05, 0.1) is 11.9 Å². The minimum absolute atomic E-state index is 0.0203. The highest BCUT2D eigenvalue weighted by molar-refractivity contribution is 7.92. The van der Waals surface area contributed by atoms with E-state index >= 15 is 0 Å². The van der Waals surface area contributed by atoms with Crippen LogP contribution in [0.25, 0.3) is 0 Å². The number of anilines is 1. The van der Waals surface area contributed by atoms with Crippen LogP contribution in [0.3, 0.4) is 0 Å². The topological polar surface area (TPSA) is 101 Å². The molecular formula is C11H14N4O2S. The fourth-order valence-corrected chi connectivity index (χ4v) is 2.66. The Bertz CT molecular complexity index is 635. The van der Waals surface area contributed by atoms with Crippen LogP contribution in [0, 0.1) is 6.92 Å². The Morgan fingerprint density at radius 3 is 2.78 bits per heavy atom. The molecule has 0 atom stereocenters. The van der Waals surface area contributed by atoms with E-state index < -0.39 is 10.0 Å². The highest BCUT2D eigenvalue weighted by Gasteiger charge is 2.17. The number of sulfonamides is 1. The van der Waals surface area contributed by atoms with Crippen molar-refractivity contribution in [2.45, 2.75) is 18.5 Å². The first-order valence-electron chi connectivity index (χ1n) is 5.35. The van der Waals surface area contributed by atoms with Gasteiger partial charge in [0.25, 0.3) is 10.0 Å². The zero-order chi connectivity index (χ0) is 13.2. The van der Waals surface area contributed by atoms with E-state index in [0.717, 1.165) is 11.1 Å². The fourth-order valence-electron chi connectivity index (χ4n) is 1.66. The Labute approximate surface area is 105 Å². The lowest BCUT2D eigenvalue weighted by Gasteiger charge is -2.12. The number of aryl methyl sites for hydroxylation is 1. The number of nitrogens with one attached hydrogen (secondary N) is 2. The third-order valence-corrected chi connectivity index (χ3v) is 3.92. The van der Waals surface area contributed by atoms with Gasteiger partial charge in [0, 0.05) is 6.54 Å². The maximum absolute atomic E-state index is 12.0. The van der Waals surface area contributed by atoms with Crippen molar-refractivity contribution >= 4 is 15.7 Å². The Morgan fingerprint density at radius 1 is 1.39 bits per heavy atom. The summed E-state index contributed by atoms with van der Waals surface area (Å²) >= 11 is 0. The molecule has 7 heteroatoms. The molecule has 1 aromatic heterocycles. The molecule has 0 unspecified atom stereocenters. The predicted octanol–water partition coefficient (Wildman–Crippen LogP) is 0.978. The minimum Gasteiger partial charge on any atom is -0.326 e. The minimum atomic E-state index is -3.64. The van der Waals surface area contributed by atoms with Crippen LogP contribution in [0.15, 0.2) is 35.5 Å². The van der Waals surface area contributed by atoms with Crippen molar-refractivity contribution in [2.75, 3.05) is 4.72 Å². The van der Waals surface area contributed by atoms with Crippen LogP contribution in [0.4, 0.5) is 5.69 Å². The summed E-state index contributed by atoms with van der Waals surface area (Å²) in [5.41, 5.74) is 7.85. The first kappa shape index (κ1) is 12.6. The van der Waals surface area contributed by atoms with Gasteiger partial charge in [-0.05, 0) is 30.2 Å². The van der Waals surface area contributed by atoms with E-state index in [0.29, 0.717) is 5.69 Å². The van der Waals surface area contributed by atoms with Crippen molar-refractivity contribution < 1.29 is 8.42 Å². The van der Waals surface area contributed by atoms with Crippen molar-refractivity contribution in [1.82, 2.24) is 10.2 Å². The molecule has 1 heterocycles. The van der Waals surface area contributed by atoms with Gasteiger partial charge in [-0.3, -0.25) is 9.82 Å². The summed E-state index contributed by atoms with van der Waals surface area (Å²) in [4.78, 5) is 0. The Balaban J connectivity index is 2.39. The lowest BCUT2D eigenvalue weighted by Crippen LogP contribution is -2.16. The first-order chi connectivity index (χ1) is 8.54. The van der Waals surface area contributed by atoms with Crippen LogP contribution < -0.4 is 10.5 Å². The third-order valence-electron chi connectivity index (χ3n) is 2.62. The quantitative estimate of drug-likeness (QED) is 0.767. The van der Waals surface area contributed by atoms with Crippen molar-refractivity contribution in [3.63, 3.8) is 0 Å². The van der Waals surface area contributed by atoms with E-state index in [1.54, 1.807) is 12.1 Å². The Morgan fingerprint density at radius 2 is 2.17 bits per heavy atom. The molecule has 0 aliphatic carbocycles. The summed E-state index contributed by atoms with van der Waals surface area (Å²) in [5.74, 6) is 0. The van der Waals surface area contributed by atoms with Gasteiger partial charge in [-0.15, -0.1) is 0 Å². The Hall–Kier alpha value is -1.86. The number of aromatic amines is 1. The molecule has 2 aromatic rings. The summed E-state index contributed by atoms with van der Waals surface area (Å²) in [6.45, 7) is 2.16. The molecule has 0 fully saturated rings. The molecule has 0 aliphatic heterocycles. The third kappa shape index (κ3) is 2.36. The van der Waals surface area contributed by atoms with Crippen molar-refractivity contribution in [2.24, 2.45) is 5.73 Å². The number of hydrogen-bond donors (Lipinski definition) is 3. The van der Waals surface area contributed by atoms with Gasteiger partial charge in [-0.2, -0.15) is 13.5 Å². The fraction of sp³-hybridized carbons (Fsp3) is 0.182. The number of nitrogens with two attached hydrogens (primary N) is 1. The number of aromatic nitrogens is 2. The van der Waals surface area contributed by atoms with Crippen LogP contribution in [0.5, 0.6) is 0 Å². The molecular weight excluding hydrogens is 252 g/mol. The highest BCUT2D eigenvalue weighted by atomic mass is 32.2. The highest BCUT2D eigenvalue weighted by Crippen LogP contribution is 2.21. The lowest BCUT2D eigenvalue weighted by atomic mass is 10.1. The van der Waals surface area contributed by atoms with E-state index in [9.17, 15) is 8.42 Å². The molecule has 0 spiro atoms. The molecule has 0 radical (unpaired) electrons. The molecule has 0 saturated heterocycles. The molecule has 0 saturated carbocycles. The average Bonchev–Trinajstić information content (AvgIpc) is 2.83. The van der Waals surface area contributed by atoms with Crippen molar-refractivity contribution in [3.8, 4) is 0 Å². The standard InChI is InChI=1S/C11H14N4O2S/c1-8-3-2-4-10(9(8)7-12)15-18(16,17)11-5-6-13-14-11/h2-6,15H,7,12H2,1H3,(H,13,14). The van der Waals surface area contributed by atoms with Gasteiger partial charge in [-0.25, -0.2) is 0 Å². The molecule has 0 bridgehead atoms. The summed E-state index contributed by atoms with van der Waals surface area (Å²) in [7, 11) is -3.64. The SMILES string of the molecule is Cc1cccc(NS(=O)(=O)c2ccn[nH]2)c1CN. The molecule has 0 aliphatic rings. The average molecular weight is 266 g/mol. The van der Waals surface area contributed by atoms with Crippen LogP contribution in [0.1, 0.15) is 11.1 Å². The molecule has 2 rings (SSSR count). The number of H-pyrrole nitrogens is 1. The molecule has 6 nitrogen and oxygen atoms in total. The molecule has 4 N–H and O–H groups in total. The first-order valence-corrected chi connectivity index (χ1v) is 6.83. The number of rotatable bonds is 4. The smallest absolute Gasteiger partial charge is 0.278 e. The number of nitrogens with zero attached hydrogens (tertiary/aromatic N) is 1. The monoisotopic (exact) mass is 266 g/mol. The second-order valence-electron chi connectivity index (χ2n) is 3.83. The summed E-state index contributed by atoms with van der Waals surface area (Å²) < 4.78 is 26.5. The van der Waals surface area contributed by atoms with Gasteiger partial charge in [0.15, 0.2) is 5.03 Å². The van der Waals surface area contributed by atoms with Crippen molar-refractivity contribution in [3.05, 3.63) is 41.6 Å². The molecule has 96 valence electrons. The van der Waals surface area contributed by atoms with E-state index in [1.165, 1.54) is 12.3 Å². The Kier molecular flexibility index (Phi) is 3.35. The second kappa shape index (κ2) is 4.79. The summed E-state index contributed by atoms with van der Waals surface area (Å²) in [5, 5.41) is 6.06. The molecule has 0 amide bonds. The van der Waals surface area contributed by atoms with Gasteiger partial charge in [0.2, 0.25) is 0 Å². The zero-order valence-corrected chi connectivity index (χ0v) is 10.7. The van der Waals surface area contributed by atoms with Crippen LogP contribution in [0.2, 0.25) is 0 Å². The van der Waals surface area contributed by atoms with E-state index in [-0.39, 0.29) is 11.6 Å². The summed E-state index contributed by atoms with van der Waals surface area (Å²) in [6, 6.07) is 6.73. The maximum atomic E-state index is 12.0. The number of hydrogen-bond acceptors (Lipinski definition) is 4. The van der Waals surface area contributed by atoms with Crippen molar-refractivity contribution in [1.29, 1.82) is 0 Å². The zero-order valence-electron chi connectivity index (χ0n) is 9.84. The van der Waals surface area contributed by atoms with Gasteiger partial charge >= 0.3 is 0 Å².